The Balaban J connectivity index is 1.64. The number of hydrogen-bond donors (Lipinski definition) is 0. The number of nitrogens with zero attached hydrogens (tertiary/aromatic N) is 1. The first kappa shape index (κ1) is 26.3. The number of carbonyl (C=O) groups is 2. The maximum Gasteiger partial charge on any atom is 0.165 e. The van der Waals surface area contributed by atoms with Crippen LogP contribution in [0, 0.1) is 0 Å². The number of halogens is 1. The number of carbonyl (C=O) groups excluding carboxylic acids is 2. The third-order valence-corrected chi connectivity index (χ3v) is 7.98. The van der Waals surface area contributed by atoms with E-state index in [1.165, 1.54) is 0 Å². The van der Waals surface area contributed by atoms with Crippen molar-refractivity contribution < 1.29 is 19.1 Å². The van der Waals surface area contributed by atoms with Gasteiger partial charge in [0.25, 0.3) is 0 Å². The molecular formula is C32H34ClNO4. The molecule has 0 radical (unpaired) electrons. The molecule has 3 aliphatic rings. The third-order valence-electron chi connectivity index (χ3n) is 7.75. The van der Waals surface area contributed by atoms with Crippen molar-refractivity contribution in [1.29, 1.82) is 0 Å². The lowest BCUT2D eigenvalue weighted by Crippen LogP contribution is -2.39. The quantitative estimate of drug-likeness (QED) is 0.340. The topological polar surface area (TPSA) is 55.8 Å². The van der Waals surface area contributed by atoms with E-state index in [9.17, 15) is 9.59 Å². The Bertz CT molecular complexity index is 1310. The Labute approximate surface area is 229 Å². The number of benzene rings is 2. The van der Waals surface area contributed by atoms with Gasteiger partial charge in [-0.05, 0) is 68.4 Å². The highest BCUT2D eigenvalue weighted by Crippen LogP contribution is 2.50. The number of hydrogen-bond acceptors (Lipinski definition) is 5. The molecule has 6 heteroatoms. The Morgan fingerprint density at radius 1 is 1.03 bits per heavy atom. The second kappa shape index (κ2) is 11.2. The summed E-state index contributed by atoms with van der Waals surface area (Å²) in [6.07, 6.45) is 6.82. The van der Waals surface area contributed by atoms with E-state index < -0.39 is 0 Å². The summed E-state index contributed by atoms with van der Waals surface area (Å²) >= 11 is 6.17. The number of ketones is 2. The number of allylic oxidation sites excluding steroid dienone is 5. The lowest BCUT2D eigenvalue weighted by atomic mass is 9.70. The Kier molecular flexibility index (Phi) is 7.75. The van der Waals surface area contributed by atoms with Gasteiger partial charge in [0.1, 0.15) is 6.61 Å². The molecule has 2 aromatic rings. The average molecular weight is 532 g/mol. The molecular weight excluding hydrogens is 498 g/mol. The monoisotopic (exact) mass is 531 g/mol. The van der Waals surface area contributed by atoms with Crippen molar-refractivity contribution in [2.24, 2.45) is 0 Å². The molecule has 1 aliphatic heterocycles. The van der Waals surface area contributed by atoms with E-state index in [2.05, 4.69) is 24.5 Å². The SMILES string of the molecule is C=CCc1cc(C2C3=C(CCCC3=O)N(CC)C3=C2C(=O)CCC3)cc(OC)c1OCc1cccc(Cl)c1. The molecule has 0 unspecified atom stereocenters. The zero-order valence-electron chi connectivity index (χ0n) is 22.1. The van der Waals surface area contributed by atoms with E-state index in [1.54, 1.807) is 7.11 Å². The molecule has 0 saturated carbocycles. The zero-order chi connectivity index (χ0) is 26.8. The number of Topliss-reactive ketones (excluding diaryl/α,β-unsaturated/α-hetero) is 2. The number of ether oxygens (including phenoxy) is 2. The second-order valence-corrected chi connectivity index (χ2v) is 10.5. The molecule has 198 valence electrons. The van der Waals surface area contributed by atoms with Crippen LogP contribution in [0.5, 0.6) is 11.5 Å². The summed E-state index contributed by atoms with van der Waals surface area (Å²) in [6, 6.07) is 11.6. The van der Waals surface area contributed by atoms with Crippen molar-refractivity contribution in [2.75, 3.05) is 13.7 Å². The summed E-state index contributed by atoms with van der Waals surface area (Å²) in [5.74, 6) is 1.11. The molecule has 2 aromatic carbocycles. The van der Waals surface area contributed by atoms with Gasteiger partial charge in [0.05, 0.1) is 7.11 Å². The Morgan fingerprint density at radius 2 is 1.71 bits per heavy atom. The molecule has 5 nitrogen and oxygen atoms in total. The summed E-state index contributed by atoms with van der Waals surface area (Å²) in [7, 11) is 1.62. The minimum absolute atomic E-state index is 0.144. The predicted molar refractivity (Wildman–Crippen MR) is 150 cm³/mol. The first-order valence-electron chi connectivity index (χ1n) is 13.5. The van der Waals surface area contributed by atoms with Gasteiger partial charge in [-0.15, -0.1) is 6.58 Å². The predicted octanol–water partition coefficient (Wildman–Crippen LogP) is 7.09. The summed E-state index contributed by atoms with van der Waals surface area (Å²) in [5.41, 5.74) is 6.50. The minimum Gasteiger partial charge on any atom is -0.493 e. The highest BCUT2D eigenvalue weighted by atomic mass is 35.5. The third kappa shape index (κ3) is 4.80. The largest absolute Gasteiger partial charge is 0.493 e. The molecule has 0 amide bonds. The van der Waals surface area contributed by atoms with Crippen molar-refractivity contribution in [3.63, 3.8) is 0 Å². The number of methoxy groups -OCH3 is 1. The fourth-order valence-corrected chi connectivity index (χ4v) is 6.40. The van der Waals surface area contributed by atoms with Crippen molar-refractivity contribution in [3.05, 3.63) is 93.3 Å². The Hall–Kier alpha value is -3.31. The van der Waals surface area contributed by atoms with Crippen LogP contribution >= 0.6 is 11.6 Å². The molecule has 2 aliphatic carbocycles. The van der Waals surface area contributed by atoms with Gasteiger partial charge in [-0.2, -0.15) is 0 Å². The highest BCUT2D eigenvalue weighted by molar-refractivity contribution is 6.30. The molecule has 1 heterocycles. The van der Waals surface area contributed by atoms with Crippen LogP contribution in [0.25, 0.3) is 0 Å². The van der Waals surface area contributed by atoms with Gasteiger partial charge in [-0.25, -0.2) is 0 Å². The molecule has 38 heavy (non-hydrogen) atoms. The van der Waals surface area contributed by atoms with Gasteiger partial charge in [0, 0.05) is 58.4 Å². The molecule has 0 bridgehead atoms. The highest BCUT2D eigenvalue weighted by Gasteiger charge is 2.43. The van der Waals surface area contributed by atoms with E-state index in [0.717, 1.165) is 71.5 Å². The molecule has 5 rings (SSSR count). The van der Waals surface area contributed by atoms with Gasteiger partial charge in [0.2, 0.25) is 0 Å². The summed E-state index contributed by atoms with van der Waals surface area (Å²) in [4.78, 5) is 29.2. The molecule has 0 spiro atoms. The molecule has 0 fully saturated rings. The van der Waals surface area contributed by atoms with Crippen LogP contribution in [0.4, 0.5) is 0 Å². The molecule has 0 saturated heterocycles. The lowest BCUT2D eigenvalue weighted by molar-refractivity contribution is -0.117. The molecule has 0 aromatic heterocycles. The van der Waals surface area contributed by atoms with Crippen LogP contribution in [0.3, 0.4) is 0 Å². The summed E-state index contributed by atoms with van der Waals surface area (Å²) in [5, 5.41) is 0.653. The summed E-state index contributed by atoms with van der Waals surface area (Å²) < 4.78 is 12.1. The maximum absolute atomic E-state index is 13.5. The maximum atomic E-state index is 13.5. The minimum atomic E-state index is -0.386. The van der Waals surface area contributed by atoms with Gasteiger partial charge < -0.3 is 14.4 Å². The Morgan fingerprint density at radius 3 is 2.29 bits per heavy atom. The van der Waals surface area contributed by atoms with Gasteiger partial charge >= 0.3 is 0 Å². The van der Waals surface area contributed by atoms with Crippen molar-refractivity contribution in [3.8, 4) is 11.5 Å². The lowest BCUT2D eigenvalue weighted by Gasteiger charge is -2.43. The van der Waals surface area contributed by atoms with Crippen molar-refractivity contribution >= 4 is 23.2 Å². The van der Waals surface area contributed by atoms with Crippen LogP contribution in [0.15, 0.2) is 71.6 Å². The van der Waals surface area contributed by atoms with E-state index in [4.69, 9.17) is 21.1 Å². The van der Waals surface area contributed by atoms with E-state index >= 15 is 0 Å². The molecule has 0 atom stereocenters. The first-order chi connectivity index (χ1) is 18.5. The first-order valence-corrected chi connectivity index (χ1v) is 13.8. The summed E-state index contributed by atoms with van der Waals surface area (Å²) in [6.45, 7) is 7.14. The fourth-order valence-electron chi connectivity index (χ4n) is 6.19. The van der Waals surface area contributed by atoms with Gasteiger partial charge in [-0.3, -0.25) is 9.59 Å². The normalized spacial score (nSPS) is 17.9. The van der Waals surface area contributed by atoms with Crippen molar-refractivity contribution in [2.45, 2.75) is 64.4 Å². The van der Waals surface area contributed by atoms with Crippen LogP contribution in [0.1, 0.15) is 68.1 Å². The van der Waals surface area contributed by atoms with Crippen molar-refractivity contribution in [1.82, 2.24) is 4.90 Å². The zero-order valence-corrected chi connectivity index (χ0v) is 22.9. The standard InChI is InChI=1S/C32H34ClNO4/c1-4-9-21-17-22(18-28(37-3)32(21)38-19-20-10-6-11-23(33)16-20)29-30-24(12-7-14-26(30)35)34(5-2)25-13-8-15-27(36)31(25)29/h4,6,10-11,16-18,29H,1,5,7-9,12-15,19H2,2-3H3. The van der Waals surface area contributed by atoms with E-state index in [0.29, 0.717) is 42.4 Å². The molecule has 0 N–H and O–H groups in total. The van der Waals surface area contributed by atoms with Gasteiger partial charge in [0.15, 0.2) is 23.1 Å². The van der Waals surface area contributed by atoms with E-state index in [-0.39, 0.29) is 17.5 Å². The van der Waals surface area contributed by atoms with E-state index in [1.807, 2.05) is 36.4 Å². The van der Waals surface area contributed by atoms with Gasteiger partial charge in [-0.1, -0.05) is 35.9 Å². The fraction of sp³-hybridized carbons (Fsp3) is 0.375. The van der Waals surface area contributed by atoms with Crippen LogP contribution in [-0.4, -0.2) is 30.1 Å². The van der Waals surface area contributed by atoms with Crippen LogP contribution < -0.4 is 9.47 Å². The second-order valence-electron chi connectivity index (χ2n) is 10.1. The average Bonchev–Trinajstić information content (AvgIpc) is 2.91. The van der Waals surface area contributed by atoms with Crippen LogP contribution in [0.2, 0.25) is 5.02 Å². The number of rotatable bonds is 8. The van der Waals surface area contributed by atoms with Crippen LogP contribution in [-0.2, 0) is 22.6 Å². The smallest absolute Gasteiger partial charge is 0.165 e.